The fraction of sp³-hybridized carbons (Fsp3) is 0.667. The van der Waals surface area contributed by atoms with Crippen LogP contribution in [-0.4, -0.2) is 40.8 Å². The quantitative estimate of drug-likeness (QED) is 0.826. The van der Waals surface area contributed by atoms with Gasteiger partial charge in [-0.1, -0.05) is 0 Å². The molecule has 1 saturated heterocycles. The minimum atomic E-state index is 0.619. The van der Waals surface area contributed by atoms with Crippen LogP contribution in [0.1, 0.15) is 25.5 Å². The van der Waals surface area contributed by atoms with E-state index in [1.165, 1.54) is 12.8 Å². The van der Waals surface area contributed by atoms with E-state index in [1.54, 1.807) is 6.20 Å². The first-order chi connectivity index (χ1) is 7.79. The van der Waals surface area contributed by atoms with Crippen LogP contribution >= 0.6 is 0 Å². The molecule has 4 nitrogen and oxygen atoms in total. The Balaban J connectivity index is 1.92. The average Bonchev–Trinajstić information content (AvgIpc) is 2.33. The third kappa shape index (κ3) is 2.77. The lowest BCUT2D eigenvalue weighted by Gasteiger charge is -2.37. The van der Waals surface area contributed by atoms with E-state index in [1.807, 2.05) is 12.1 Å². The highest BCUT2D eigenvalue weighted by Gasteiger charge is 2.24. The van der Waals surface area contributed by atoms with Gasteiger partial charge in [0, 0.05) is 31.4 Å². The first-order valence-electron chi connectivity index (χ1n) is 5.97. The second-order valence-electron chi connectivity index (χ2n) is 4.54. The number of nitrogens with one attached hydrogen (secondary N) is 1. The Labute approximate surface area is 97.1 Å². The third-order valence-electron chi connectivity index (χ3n) is 3.41. The smallest absolute Gasteiger partial charge is 0.0771 e. The molecule has 1 aliphatic heterocycles. The van der Waals surface area contributed by atoms with Crippen molar-refractivity contribution in [2.24, 2.45) is 0 Å². The molecule has 1 fully saturated rings. The molecular weight excluding hydrogens is 200 g/mol. The maximum Gasteiger partial charge on any atom is 0.0771 e. The highest BCUT2D eigenvalue weighted by atomic mass is 15.2. The van der Waals surface area contributed by atoms with Gasteiger partial charge in [0.15, 0.2) is 0 Å². The monoisotopic (exact) mass is 220 g/mol. The lowest BCUT2D eigenvalue weighted by molar-refractivity contribution is 0.129. The number of hydrogen-bond acceptors (Lipinski definition) is 4. The van der Waals surface area contributed by atoms with Crippen LogP contribution in [0.15, 0.2) is 18.3 Å². The zero-order chi connectivity index (χ0) is 11.4. The van der Waals surface area contributed by atoms with Gasteiger partial charge in [0.25, 0.3) is 0 Å². The van der Waals surface area contributed by atoms with Crippen molar-refractivity contribution in [3.8, 4) is 0 Å². The summed E-state index contributed by atoms with van der Waals surface area (Å²) in [6.45, 7) is 4.36. The van der Waals surface area contributed by atoms with E-state index in [0.717, 1.165) is 18.8 Å². The van der Waals surface area contributed by atoms with Gasteiger partial charge >= 0.3 is 0 Å². The van der Waals surface area contributed by atoms with Crippen LogP contribution in [0.3, 0.4) is 0 Å². The lowest BCUT2D eigenvalue weighted by atomic mass is 9.98. The van der Waals surface area contributed by atoms with Crippen molar-refractivity contribution in [1.29, 1.82) is 0 Å². The molecular formula is C12H20N4. The number of nitrogens with zero attached hydrogens (tertiary/aromatic N) is 3. The number of aromatic nitrogens is 2. The molecule has 0 radical (unpaired) electrons. The van der Waals surface area contributed by atoms with E-state index in [2.05, 4.69) is 34.4 Å². The molecule has 1 aliphatic rings. The second kappa shape index (κ2) is 5.37. The molecule has 0 spiro atoms. The molecule has 1 N–H and O–H groups in total. The van der Waals surface area contributed by atoms with Gasteiger partial charge in [-0.25, -0.2) is 0 Å². The highest BCUT2D eigenvalue weighted by Crippen LogP contribution is 2.18. The summed E-state index contributed by atoms with van der Waals surface area (Å²) in [4.78, 5) is 2.48. The Bertz CT molecular complexity index is 314. The van der Waals surface area contributed by atoms with Gasteiger partial charge < -0.3 is 5.32 Å². The molecule has 0 aliphatic carbocycles. The van der Waals surface area contributed by atoms with Gasteiger partial charge in [-0.3, -0.25) is 4.90 Å². The molecule has 4 heteroatoms. The molecule has 88 valence electrons. The number of rotatable bonds is 3. The van der Waals surface area contributed by atoms with Crippen LogP contribution in [0, 0.1) is 0 Å². The summed E-state index contributed by atoms with van der Waals surface area (Å²) in [6.07, 6.45) is 4.16. The number of hydrogen-bond donors (Lipinski definition) is 1. The van der Waals surface area contributed by atoms with Crippen LogP contribution in [0.2, 0.25) is 0 Å². The summed E-state index contributed by atoms with van der Waals surface area (Å²) in [5.74, 6) is 0. The summed E-state index contributed by atoms with van der Waals surface area (Å²) in [5, 5.41) is 11.4. The van der Waals surface area contributed by atoms with Crippen LogP contribution in [-0.2, 0) is 6.54 Å². The molecule has 1 aromatic rings. The van der Waals surface area contributed by atoms with E-state index in [0.29, 0.717) is 12.1 Å². The number of likely N-dealkylation sites (tertiary alicyclic amines) is 1. The van der Waals surface area contributed by atoms with Gasteiger partial charge in [-0.15, -0.1) is 0 Å². The van der Waals surface area contributed by atoms with Crippen LogP contribution in [0.5, 0.6) is 0 Å². The van der Waals surface area contributed by atoms with Crippen LogP contribution in [0.4, 0.5) is 0 Å². The van der Waals surface area contributed by atoms with E-state index in [9.17, 15) is 0 Å². The fourth-order valence-electron chi connectivity index (χ4n) is 2.34. The van der Waals surface area contributed by atoms with Crippen molar-refractivity contribution in [2.75, 3.05) is 13.6 Å². The summed E-state index contributed by atoms with van der Waals surface area (Å²) in [7, 11) is 2.05. The van der Waals surface area contributed by atoms with E-state index in [4.69, 9.17) is 0 Å². The SMILES string of the molecule is CNC1CCN(Cc2cccnn2)C(C)C1. The Hall–Kier alpha value is -1.00. The first-order valence-corrected chi connectivity index (χ1v) is 5.97. The Morgan fingerprint density at radius 1 is 1.56 bits per heavy atom. The third-order valence-corrected chi connectivity index (χ3v) is 3.41. The van der Waals surface area contributed by atoms with Crippen LogP contribution < -0.4 is 5.32 Å². The van der Waals surface area contributed by atoms with E-state index >= 15 is 0 Å². The minimum absolute atomic E-state index is 0.619. The Morgan fingerprint density at radius 3 is 3.06 bits per heavy atom. The van der Waals surface area contributed by atoms with Crippen molar-refractivity contribution < 1.29 is 0 Å². The predicted octanol–water partition coefficient (Wildman–Crippen LogP) is 1.05. The molecule has 0 amide bonds. The second-order valence-corrected chi connectivity index (χ2v) is 4.54. The van der Waals surface area contributed by atoms with Crippen molar-refractivity contribution in [3.63, 3.8) is 0 Å². The summed E-state index contributed by atoms with van der Waals surface area (Å²) in [6, 6.07) is 5.29. The molecule has 16 heavy (non-hydrogen) atoms. The molecule has 0 bridgehead atoms. The average molecular weight is 220 g/mol. The molecule has 0 saturated carbocycles. The van der Waals surface area contributed by atoms with E-state index in [-0.39, 0.29) is 0 Å². The van der Waals surface area contributed by atoms with Gasteiger partial charge in [0.1, 0.15) is 0 Å². The molecule has 0 aromatic carbocycles. The van der Waals surface area contributed by atoms with Crippen molar-refractivity contribution >= 4 is 0 Å². The predicted molar refractivity (Wildman–Crippen MR) is 64.0 cm³/mol. The standard InChI is InChI=1S/C12H20N4/c1-10-8-11(13-2)5-7-16(10)9-12-4-3-6-14-15-12/h3-4,6,10-11,13H,5,7-9H2,1-2H3. The minimum Gasteiger partial charge on any atom is -0.317 e. The van der Waals surface area contributed by atoms with Gasteiger partial charge in [0.05, 0.1) is 5.69 Å². The van der Waals surface area contributed by atoms with Crippen molar-refractivity contribution in [2.45, 2.75) is 38.4 Å². The zero-order valence-electron chi connectivity index (χ0n) is 10.1. The van der Waals surface area contributed by atoms with Gasteiger partial charge in [-0.05, 0) is 38.9 Å². The maximum absolute atomic E-state index is 4.14. The van der Waals surface area contributed by atoms with Gasteiger partial charge in [-0.2, -0.15) is 10.2 Å². The fourth-order valence-corrected chi connectivity index (χ4v) is 2.34. The summed E-state index contributed by atoms with van der Waals surface area (Å²) < 4.78 is 0. The number of piperidine rings is 1. The molecule has 2 rings (SSSR count). The molecule has 2 unspecified atom stereocenters. The Kier molecular flexibility index (Phi) is 3.85. The zero-order valence-corrected chi connectivity index (χ0v) is 10.1. The van der Waals surface area contributed by atoms with Gasteiger partial charge in [0.2, 0.25) is 0 Å². The molecule has 2 heterocycles. The lowest BCUT2D eigenvalue weighted by Crippen LogP contribution is -2.46. The van der Waals surface area contributed by atoms with Crippen molar-refractivity contribution in [3.05, 3.63) is 24.0 Å². The summed E-state index contributed by atoms with van der Waals surface area (Å²) >= 11 is 0. The Morgan fingerprint density at radius 2 is 2.44 bits per heavy atom. The molecule has 1 aromatic heterocycles. The largest absolute Gasteiger partial charge is 0.317 e. The highest BCUT2D eigenvalue weighted by molar-refractivity contribution is 5.00. The van der Waals surface area contributed by atoms with E-state index < -0.39 is 0 Å². The first kappa shape index (κ1) is 11.5. The van der Waals surface area contributed by atoms with Crippen molar-refractivity contribution in [1.82, 2.24) is 20.4 Å². The summed E-state index contributed by atoms with van der Waals surface area (Å²) in [5.41, 5.74) is 1.07. The van der Waals surface area contributed by atoms with Crippen LogP contribution in [0.25, 0.3) is 0 Å². The molecule has 2 atom stereocenters. The topological polar surface area (TPSA) is 41.0 Å². The maximum atomic E-state index is 4.14. The normalized spacial score (nSPS) is 26.9.